The van der Waals surface area contributed by atoms with Crippen LogP contribution in [-0.2, 0) is 6.18 Å². The van der Waals surface area contributed by atoms with Crippen molar-refractivity contribution < 1.29 is 17.9 Å². The quantitative estimate of drug-likeness (QED) is 0.657. The van der Waals surface area contributed by atoms with Gasteiger partial charge in [0, 0.05) is 10.0 Å². The van der Waals surface area contributed by atoms with Crippen LogP contribution in [0.25, 0.3) is 11.4 Å². The van der Waals surface area contributed by atoms with Gasteiger partial charge >= 0.3 is 6.18 Å². The van der Waals surface area contributed by atoms with Gasteiger partial charge in [-0.25, -0.2) is 4.98 Å². The van der Waals surface area contributed by atoms with E-state index in [1.54, 1.807) is 13.0 Å². The van der Waals surface area contributed by atoms with E-state index in [0.717, 1.165) is 0 Å². The van der Waals surface area contributed by atoms with E-state index < -0.39 is 11.9 Å². The lowest BCUT2D eigenvalue weighted by Crippen LogP contribution is -2.06. The van der Waals surface area contributed by atoms with Crippen LogP contribution in [0.15, 0.2) is 21.2 Å². The average Bonchev–Trinajstić information content (AvgIpc) is 2.74. The predicted molar refractivity (Wildman–Crippen MR) is 80.6 cm³/mol. The lowest BCUT2D eigenvalue weighted by atomic mass is 10.2. The number of halogens is 6. The van der Waals surface area contributed by atoms with Gasteiger partial charge in [0.15, 0.2) is 5.69 Å². The maximum Gasteiger partial charge on any atom is 0.433 e. The van der Waals surface area contributed by atoms with E-state index in [2.05, 4.69) is 41.8 Å². The highest BCUT2D eigenvalue weighted by Crippen LogP contribution is 2.39. The van der Waals surface area contributed by atoms with Gasteiger partial charge in [-0.15, -0.1) is 0 Å². The van der Waals surface area contributed by atoms with Gasteiger partial charge in [-0.3, -0.25) is 0 Å². The summed E-state index contributed by atoms with van der Waals surface area (Å²) in [5, 5.41) is 0.356. The summed E-state index contributed by atoms with van der Waals surface area (Å²) >= 11 is 12.1. The van der Waals surface area contributed by atoms with Gasteiger partial charge in [0.05, 0.1) is 11.6 Å². The zero-order valence-electron chi connectivity index (χ0n) is 10.5. The van der Waals surface area contributed by atoms with Gasteiger partial charge in [-0.05, 0) is 50.9 Å². The van der Waals surface area contributed by atoms with Crippen LogP contribution in [0, 0.1) is 0 Å². The van der Waals surface area contributed by atoms with Gasteiger partial charge in [-0.2, -0.15) is 13.2 Å². The summed E-state index contributed by atoms with van der Waals surface area (Å²) in [5.74, 6) is 0.428. The third kappa shape index (κ3) is 3.54. The average molecular weight is 448 g/mol. The third-order valence-electron chi connectivity index (χ3n) is 2.52. The van der Waals surface area contributed by atoms with Crippen LogP contribution in [0.1, 0.15) is 12.6 Å². The van der Waals surface area contributed by atoms with Crippen molar-refractivity contribution in [1.29, 1.82) is 0 Å². The molecule has 0 aliphatic rings. The number of hydrogen-bond acceptors (Lipinski definition) is 2. The van der Waals surface area contributed by atoms with Crippen molar-refractivity contribution in [2.24, 2.45) is 0 Å². The first kappa shape index (κ1) is 16.6. The Bertz CT molecular complexity index is 673. The van der Waals surface area contributed by atoms with Gasteiger partial charge < -0.3 is 9.72 Å². The number of ether oxygens (including phenoxy) is 1. The standard InChI is InChI=1S/C12H8Br2ClF3N2O/c1-2-21-8-3-5(6(13)4-7(8)15)11-19-9(10(14)20-11)12(16,17)18/h3-4H,2H2,1H3,(H,19,20). The van der Waals surface area contributed by atoms with Crippen molar-refractivity contribution in [1.82, 2.24) is 9.97 Å². The molecule has 2 aromatic rings. The number of benzene rings is 1. The molecule has 0 atom stereocenters. The number of nitrogens with one attached hydrogen (secondary N) is 1. The fraction of sp³-hybridized carbons (Fsp3) is 0.250. The molecule has 0 amide bonds. The molecule has 21 heavy (non-hydrogen) atoms. The van der Waals surface area contributed by atoms with Crippen LogP contribution < -0.4 is 4.74 Å². The van der Waals surface area contributed by atoms with E-state index in [0.29, 0.717) is 27.4 Å². The first-order chi connectivity index (χ1) is 9.74. The normalized spacial score (nSPS) is 11.8. The molecule has 2 rings (SSSR count). The Labute approximate surface area is 140 Å². The Hall–Kier alpha value is -0.730. The van der Waals surface area contributed by atoms with Crippen LogP contribution in [0.4, 0.5) is 13.2 Å². The van der Waals surface area contributed by atoms with Gasteiger partial charge in [0.25, 0.3) is 0 Å². The van der Waals surface area contributed by atoms with E-state index >= 15 is 0 Å². The number of H-pyrrole nitrogens is 1. The Morgan fingerprint density at radius 1 is 1.33 bits per heavy atom. The zero-order chi connectivity index (χ0) is 15.8. The summed E-state index contributed by atoms with van der Waals surface area (Å²) in [6.45, 7) is 2.17. The molecule has 9 heteroatoms. The van der Waals surface area contributed by atoms with E-state index in [1.807, 2.05) is 0 Å². The maximum atomic E-state index is 12.8. The molecule has 0 aliphatic heterocycles. The fourth-order valence-corrected chi connectivity index (χ4v) is 3.03. The van der Waals surface area contributed by atoms with E-state index in [4.69, 9.17) is 16.3 Å². The summed E-state index contributed by atoms with van der Waals surface area (Å²) in [4.78, 5) is 6.11. The third-order valence-corrected chi connectivity index (χ3v) is 4.04. The summed E-state index contributed by atoms with van der Waals surface area (Å²) in [6, 6.07) is 3.08. The summed E-state index contributed by atoms with van der Waals surface area (Å²) < 4.78 is 43.9. The zero-order valence-corrected chi connectivity index (χ0v) is 14.4. The Balaban J connectivity index is 2.54. The number of aromatic nitrogens is 2. The molecule has 0 bridgehead atoms. The van der Waals surface area contributed by atoms with E-state index in [-0.39, 0.29) is 10.4 Å². The Kier molecular flexibility index (Phi) is 4.89. The molecule has 0 spiro atoms. The molecule has 3 nitrogen and oxygen atoms in total. The van der Waals surface area contributed by atoms with Crippen LogP contribution >= 0.6 is 43.5 Å². The lowest BCUT2D eigenvalue weighted by molar-refractivity contribution is -0.141. The highest BCUT2D eigenvalue weighted by atomic mass is 79.9. The molecule has 0 unspecified atom stereocenters. The first-order valence-electron chi connectivity index (χ1n) is 5.69. The van der Waals surface area contributed by atoms with Gasteiger partial charge in [-0.1, -0.05) is 11.6 Å². The number of imidazole rings is 1. The highest BCUT2D eigenvalue weighted by Gasteiger charge is 2.36. The minimum absolute atomic E-state index is 0.0543. The van der Waals surface area contributed by atoms with Gasteiger partial charge in [0.2, 0.25) is 0 Å². The second-order valence-corrected chi connectivity index (χ2v) is 5.96. The predicted octanol–water partition coefficient (Wildman–Crippen LogP) is 5.67. The number of aromatic amines is 1. The minimum Gasteiger partial charge on any atom is -0.492 e. The van der Waals surface area contributed by atoms with Crippen LogP contribution in [0.2, 0.25) is 5.02 Å². The molecule has 1 aromatic carbocycles. The Morgan fingerprint density at radius 3 is 2.52 bits per heavy atom. The minimum atomic E-state index is -4.52. The molecular formula is C12H8Br2ClF3N2O. The maximum absolute atomic E-state index is 12.8. The molecule has 0 aliphatic carbocycles. The number of nitrogens with zero attached hydrogens (tertiary/aromatic N) is 1. The summed E-state index contributed by atoms with van der Waals surface area (Å²) in [5.41, 5.74) is -0.531. The topological polar surface area (TPSA) is 37.9 Å². The van der Waals surface area contributed by atoms with Crippen molar-refractivity contribution in [3.63, 3.8) is 0 Å². The molecule has 1 heterocycles. The monoisotopic (exact) mass is 446 g/mol. The largest absolute Gasteiger partial charge is 0.492 e. The van der Waals surface area contributed by atoms with Crippen molar-refractivity contribution in [3.05, 3.63) is 31.9 Å². The van der Waals surface area contributed by atoms with Crippen LogP contribution in [0.5, 0.6) is 5.75 Å². The molecule has 114 valence electrons. The van der Waals surface area contributed by atoms with Gasteiger partial charge in [0.1, 0.15) is 16.2 Å². The second kappa shape index (κ2) is 6.18. The lowest BCUT2D eigenvalue weighted by Gasteiger charge is -2.09. The van der Waals surface area contributed by atoms with Crippen LogP contribution in [0.3, 0.4) is 0 Å². The smallest absolute Gasteiger partial charge is 0.433 e. The van der Waals surface area contributed by atoms with Crippen molar-refractivity contribution in [2.45, 2.75) is 13.1 Å². The molecule has 0 saturated heterocycles. The molecular weight excluding hydrogens is 440 g/mol. The van der Waals surface area contributed by atoms with Crippen molar-refractivity contribution >= 4 is 43.5 Å². The molecule has 1 aromatic heterocycles. The molecule has 0 radical (unpaired) electrons. The Morgan fingerprint density at radius 2 is 2.00 bits per heavy atom. The van der Waals surface area contributed by atoms with Crippen molar-refractivity contribution in [2.75, 3.05) is 6.61 Å². The number of rotatable bonds is 3. The van der Waals surface area contributed by atoms with Crippen LogP contribution in [-0.4, -0.2) is 16.6 Å². The van der Waals surface area contributed by atoms with Crippen molar-refractivity contribution in [3.8, 4) is 17.1 Å². The highest BCUT2D eigenvalue weighted by molar-refractivity contribution is 9.10. The number of alkyl halides is 3. The first-order valence-corrected chi connectivity index (χ1v) is 7.65. The SMILES string of the molecule is CCOc1cc(-c2nc(Br)c(C(F)(F)F)[nH]2)c(Br)cc1Cl. The van der Waals surface area contributed by atoms with E-state index in [9.17, 15) is 13.2 Å². The fourth-order valence-electron chi connectivity index (χ4n) is 1.64. The number of hydrogen-bond donors (Lipinski definition) is 1. The molecule has 0 saturated carbocycles. The second-order valence-electron chi connectivity index (χ2n) is 3.94. The summed E-state index contributed by atoms with van der Waals surface area (Å²) in [7, 11) is 0. The molecule has 0 fully saturated rings. The molecule has 1 N–H and O–H groups in total. The van der Waals surface area contributed by atoms with E-state index in [1.165, 1.54) is 6.07 Å². The summed E-state index contributed by atoms with van der Waals surface area (Å²) in [6.07, 6.45) is -4.52.